The van der Waals surface area contributed by atoms with Crippen LogP contribution in [0.5, 0.6) is 17.4 Å². The predicted octanol–water partition coefficient (Wildman–Crippen LogP) is 3.16. The predicted molar refractivity (Wildman–Crippen MR) is 79.3 cm³/mol. The Morgan fingerprint density at radius 1 is 1.05 bits per heavy atom. The lowest BCUT2D eigenvalue weighted by Crippen LogP contribution is -2.02. The van der Waals surface area contributed by atoms with Gasteiger partial charge in [-0.05, 0) is 49.2 Å². The Morgan fingerprint density at radius 2 is 1.80 bits per heavy atom. The summed E-state index contributed by atoms with van der Waals surface area (Å²) in [7, 11) is 0. The summed E-state index contributed by atoms with van der Waals surface area (Å²) in [5.41, 5.74) is 6.61. The lowest BCUT2D eigenvalue weighted by atomic mass is 10.2. The maximum atomic E-state index is 5.67. The SMILES string of the molecule is CCCOc1ccc(Oc2ccc(CCN)cn2)cc1. The molecular weight excluding hydrogens is 252 g/mol. The maximum absolute atomic E-state index is 5.67. The van der Waals surface area contributed by atoms with Crippen LogP contribution in [0.1, 0.15) is 18.9 Å². The highest BCUT2D eigenvalue weighted by molar-refractivity contribution is 5.33. The molecule has 0 unspecified atom stereocenters. The highest BCUT2D eigenvalue weighted by Gasteiger charge is 2.00. The third kappa shape index (κ3) is 4.24. The molecule has 0 saturated heterocycles. The molecule has 2 N–H and O–H groups in total. The van der Waals surface area contributed by atoms with Gasteiger partial charge in [0.25, 0.3) is 0 Å². The number of rotatable bonds is 7. The van der Waals surface area contributed by atoms with Crippen LogP contribution in [-0.2, 0) is 6.42 Å². The molecule has 0 aliphatic rings. The van der Waals surface area contributed by atoms with E-state index < -0.39 is 0 Å². The number of aromatic nitrogens is 1. The van der Waals surface area contributed by atoms with E-state index in [1.54, 1.807) is 6.20 Å². The minimum absolute atomic E-state index is 0.577. The standard InChI is InChI=1S/C16H20N2O2/c1-2-11-19-14-4-6-15(7-5-14)20-16-8-3-13(9-10-17)12-18-16/h3-8,12H,2,9-11,17H2,1H3. The van der Waals surface area contributed by atoms with Crippen LogP contribution in [0.3, 0.4) is 0 Å². The van der Waals surface area contributed by atoms with Crippen molar-refractivity contribution in [3.05, 3.63) is 48.2 Å². The normalized spacial score (nSPS) is 10.3. The van der Waals surface area contributed by atoms with Crippen molar-refractivity contribution in [2.75, 3.05) is 13.2 Å². The Kier molecular flexibility index (Phi) is 5.38. The fourth-order valence-electron chi connectivity index (χ4n) is 1.73. The Bertz CT molecular complexity index is 509. The number of nitrogens with two attached hydrogens (primary N) is 1. The first-order valence-electron chi connectivity index (χ1n) is 6.87. The molecule has 2 aromatic rings. The molecule has 0 radical (unpaired) electrons. The van der Waals surface area contributed by atoms with Gasteiger partial charge >= 0.3 is 0 Å². The van der Waals surface area contributed by atoms with Crippen LogP contribution in [0.15, 0.2) is 42.6 Å². The molecule has 0 amide bonds. The van der Waals surface area contributed by atoms with Crippen LogP contribution < -0.4 is 15.2 Å². The van der Waals surface area contributed by atoms with E-state index in [1.807, 2.05) is 36.4 Å². The van der Waals surface area contributed by atoms with Crippen molar-refractivity contribution >= 4 is 0 Å². The first kappa shape index (κ1) is 14.3. The van der Waals surface area contributed by atoms with Crippen molar-refractivity contribution < 1.29 is 9.47 Å². The summed E-state index contributed by atoms with van der Waals surface area (Å²) in [5.74, 6) is 2.17. The van der Waals surface area contributed by atoms with Gasteiger partial charge in [-0.3, -0.25) is 0 Å². The molecule has 1 aromatic carbocycles. The molecule has 1 aromatic heterocycles. The lowest BCUT2D eigenvalue weighted by molar-refractivity contribution is 0.317. The zero-order chi connectivity index (χ0) is 14.2. The fourth-order valence-corrected chi connectivity index (χ4v) is 1.73. The van der Waals surface area contributed by atoms with E-state index in [2.05, 4.69) is 11.9 Å². The second-order valence-electron chi connectivity index (χ2n) is 4.47. The van der Waals surface area contributed by atoms with Gasteiger partial charge in [0.15, 0.2) is 0 Å². The molecule has 0 aliphatic carbocycles. The number of hydrogen-bond donors (Lipinski definition) is 1. The van der Waals surface area contributed by atoms with E-state index in [0.717, 1.165) is 36.5 Å². The van der Waals surface area contributed by atoms with E-state index in [0.29, 0.717) is 12.4 Å². The van der Waals surface area contributed by atoms with E-state index in [4.69, 9.17) is 15.2 Å². The van der Waals surface area contributed by atoms with Crippen LogP contribution in [0.4, 0.5) is 0 Å². The zero-order valence-electron chi connectivity index (χ0n) is 11.7. The molecule has 0 atom stereocenters. The molecule has 0 spiro atoms. The average Bonchev–Trinajstić information content (AvgIpc) is 2.49. The molecule has 0 bridgehead atoms. The van der Waals surface area contributed by atoms with Crippen molar-refractivity contribution in [3.8, 4) is 17.4 Å². The number of hydrogen-bond acceptors (Lipinski definition) is 4. The quantitative estimate of drug-likeness (QED) is 0.841. The first-order chi connectivity index (χ1) is 9.81. The lowest BCUT2D eigenvalue weighted by Gasteiger charge is -2.07. The van der Waals surface area contributed by atoms with Crippen molar-refractivity contribution in [1.82, 2.24) is 4.98 Å². The van der Waals surface area contributed by atoms with Gasteiger partial charge in [0.05, 0.1) is 6.61 Å². The van der Waals surface area contributed by atoms with Gasteiger partial charge in [0.1, 0.15) is 11.5 Å². The topological polar surface area (TPSA) is 57.4 Å². The van der Waals surface area contributed by atoms with E-state index in [-0.39, 0.29) is 0 Å². The highest BCUT2D eigenvalue weighted by Crippen LogP contribution is 2.22. The monoisotopic (exact) mass is 272 g/mol. The maximum Gasteiger partial charge on any atom is 0.219 e. The van der Waals surface area contributed by atoms with E-state index in [1.165, 1.54) is 0 Å². The zero-order valence-corrected chi connectivity index (χ0v) is 11.7. The molecular formula is C16H20N2O2. The van der Waals surface area contributed by atoms with Crippen LogP contribution >= 0.6 is 0 Å². The molecule has 1 heterocycles. The highest BCUT2D eigenvalue weighted by atomic mass is 16.5. The molecule has 0 saturated carbocycles. The Labute approximate surface area is 119 Å². The van der Waals surface area contributed by atoms with Crippen LogP contribution in [0.25, 0.3) is 0 Å². The average molecular weight is 272 g/mol. The van der Waals surface area contributed by atoms with E-state index in [9.17, 15) is 0 Å². The van der Waals surface area contributed by atoms with Crippen LogP contribution in [0.2, 0.25) is 0 Å². The summed E-state index contributed by atoms with van der Waals surface area (Å²) in [4.78, 5) is 4.26. The van der Waals surface area contributed by atoms with E-state index >= 15 is 0 Å². The molecule has 0 fully saturated rings. The van der Waals surface area contributed by atoms with Gasteiger partial charge in [-0.25, -0.2) is 4.98 Å². The van der Waals surface area contributed by atoms with Gasteiger partial charge in [0, 0.05) is 12.3 Å². The first-order valence-corrected chi connectivity index (χ1v) is 6.87. The van der Waals surface area contributed by atoms with Crippen molar-refractivity contribution in [2.24, 2.45) is 5.73 Å². The van der Waals surface area contributed by atoms with Crippen molar-refractivity contribution in [3.63, 3.8) is 0 Å². The third-order valence-electron chi connectivity index (χ3n) is 2.75. The Balaban J connectivity index is 1.95. The fraction of sp³-hybridized carbons (Fsp3) is 0.312. The minimum Gasteiger partial charge on any atom is -0.494 e. The molecule has 0 aliphatic heterocycles. The smallest absolute Gasteiger partial charge is 0.219 e. The molecule has 20 heavy (non-hydrogen) atoms. The summed E-state index contributed by atoms with van der Waals surface area (Å²) < 4.78 is 11.2. The Morgan fingerprint density at radius 3 is 2.40 bits per heavy atom. The van der Waals surface area contributed by atoms with Gasteiger partial charge in [-0.2, -0.15) is 0 Å². The number of pyridine rings is 1. The number of benzene rings is 1. The number of ether oxygens (including phenoxy) is 2. The van der Waals surface area contributed by atoms with Crippen LogP contribution in [0, 0.1) is 0 Å². The molecule has 4 heteroatoms. The summed E-state index contributed by atoms with van der Waals surface area (Å²) >= 11 is 0. The largest absolute Gasteiger partial charge is 0.494 e. The summed E-state index contributed by atoms with van der Waals surface area (Å²) in [6.07, 6.45) is 3.62. The van der Waals surface area contributed by atoms with Crippen molar-refractivity contribution in [1.29, 1.82) is 0 Å². The minimum atomic E-state index is 0.577. The Hall–Kier alpha value is -2.07. The summed E-state index contributed by atoms with van der Waals surface area (Å²) in [6, 6.07) is 11.4. The summed E-state index contributed by atoms with van der Waals surface area (Å²) in [6.45, 7) is 3.43. The van der Waals surface area contributed by atoms with Crippen LogP contribution in [-0.4, -0.2) is 18.1 Å². The van der Waals surface area contributed by atoms with Gasteiger partial charge in [-0.1, -0.05) is 13.0 Å². The van der Waals surface area contributed by atoms with Gasteiger partial charge in [0.2, 0.25) is 5.88 Å². The molecule has 2 rings (SSSR count). The second kappa shape index (κ2) is 7.50. The van der Waals surface area contributed by atoms with Gasteiger partial charge in [-0.15, -0.1) is 0 Å². The second-order valence-corrected chi connectivity index (χ2v) is 4.47. The van der Waals surface area contributed by atoms with Crippen molar-refractivity contribution in [2.45, 2.75) is 19.8 Å². The number of nitrogens with zero attached hydrogens (tertiary/aromatic N) is 1. The molecule has 4 nitrogen and oxygen atoms in total. The van der Waals surface area contributed by atoms with Gasteiger partial charge < -0.3 is 15.2 Å². The third-order valence-corrected chi connectivity index (χ3v) is 2.75. The molecule has 106 valence electrons. The summed E-state index contributed by atoms with van der Waals surface area (Å²) in [5, 5.41) is 0.